The van der Waals surface area contributed by atoms with E-state index in [1.165, 1.54) is 18.4 Å². The van der Waals surface area contributed by atoms with E-state index in [1.54, 1.807) is 0 Å². The van der Waals surface area contributed by atoms with Gasteiger partial charge in [-0.1, -0.05) is 30.3 Å². The summed E-state index contributed by atoms with van der Waals surface area (Å²) in [5, 5.41) is 3.73. The first-order valence-corrected chi connectivity index (χ1v) is 8.30. The normalized spacial score (nSPS) is 30.5. The molecule has 1 heterocycles. The minimum absolute atomic E-state index is 0.0459. The van der Waals surface area contributed by atoms with Crippen molar-refractivity contribution in [2.75, 3.05) is 32.8 Å². The van der Waals surface area contributed by atoms with Crippen molar-refractivity contribution in [3.05, 3.63) is 35.9 Å². The Morgan fingerprint density at radius 1 is 1.29 bits per heavy atom. The van der Waals surface area contributed by atoms with Crippen molar-refractivity contribution in [2.24, 2.45) is 5.92 Å². The molecule has 21 heavy (non-hydrogen) atoms. The zero-order chi connectivity index (χ0) is 14.7. The van der Waals surface area contributed by atoms with Crippen molar-refractivity contribution in [2.45, 2.75) is 38.3 Å². The van der Waals surface area contributed by atoms with E-state index in [0.29, 0.717) is 6.04 Å². The van der Waals surface area contributed by atoms with Gasteiger partial charge in [0.15, 0.2) is 0 Å². The van der Waals surface area contributed by atoms with Gasteiger partial charge >= 0.3 is 0 Å². The zero-order valence-electron chi connectivity index (χ0n) is 13.3. The Morgan fingerprint density at radius 2 is 2.05 bits per heavy atom. The molecule has 0 bridgehead atoms. The number of hydrogen-bond donors (Lipinski definition) is 1. The minimum Gasteiger partial charge on any atom is -0.380 e. The Hall–Kier alpha value is -0.900. The van der Waals surface area contributed by atoms with Gasteiger partial charge in [-0.25, -0.2) is 0 Å². The molecule has 116 valence electrons. The average Bonchev–Trinajstić information content (AvgIpc) is 3.32. The predicted octanol–water partition coefficient (Wildman–Crippen LogP) is 2.62. The molecule has 3 rings (SSSR count). The van der Waals surface area contributed by atoms with E-state index >= 15 is 0 Å². The van der Waals surface area contributed by atoms with Gasteiger partial charge in [0.05, 0.1) is 12.1 Å². The molecule has 0 spiro atoms. The lowest BCUT2D eigenvalue weighted by atomic mass is 9.88. The van der Waals surface area contributed by atoms with Gasteiger partial charge < -0.3 is 10.1 Å². The van der Waals surface area contributed by atoms with Crippen LogP contribution < -0.4 is 5.32 Å². The Morgan fingerprint density at radius 3 is 2.76 bits per heavy atom. The summed E-state index contributed by atoms with van der Waals surface area (Å²) in [4.78, 5) is 2.57. The summed E-state index contributed by atoms with van der Waals surface area (Å²) in [6.07, 6.45) is 2.74. The Labute approximate surface area is 128 Å². The van der Waals surface area contributed by atoms with E-state index in [9.17, 15) is 0 Å². The number of hydrogen-bond acceptors (Lipinski definition) is 3. The van der Waals surface area contributed by atoms with Crippen LogP contribution >= 0.6 is 0 Å². The molecular formula is C18H28N2O. The highest BCUT2D eigenvalue weighted by Crippen LogP contribution is 2.29. The molecule has 1 N–H and O–H groups in total. The van der Waals surface area contributed by atoms with Crippen molar-refractivity contribution in [1.29, 1.82) is 0 Å². The molecule has 1 saturated heterocycles. The fourth-order valence-corrected chi connectivity index (χ4v) is 3.14. The molecule has 2 atom stereocenters. The first-order valence-electron chi connectivity index (χ1n) is 8.30. The molecule has 0 amide bonds. The lowest BCUT2D eigenvalue weighted by Crippen LogP contribution is -2.60. The van der Waals surface area contributed by atoms with Crippen molar-refractivity contribution in [3.63, 3.8) is 0 Å². The van der Waals surface area contributed by atoms with Crippen LogP contribution in [0.2, 0.25) is 0 Å². The van der Waals surface area contributed by atoms with Crippen LogP contribution in [0.15, 0.2) is 30.3 Å². The standard InChI is InChI=1S/C18H28N2O/c1-15-12-19-18(2,17-6-4-3-5-7-17)14-20(15)10-11-21-13-16-8-9-16/h3-7,15-16,19H,8-14H2,1-2H3. The maximum absolute atomic E-state index is 5.82. The number of piperazine rings is 1. The van der Waals surface area contributed by atoms with Crippen LogP contribution in [0.5, 0.6) is 0 Å². The van der Waals surface area contributed by atoms with Crippen LogP contribution in [0.25, 0.3) is 0 Å². The molecule has 0 radical (unpaired) electrons. The van der Waals surface area contributed by atoms with Gasteiger partial charge in [0, 0.05) is 32.3 Å². The molecule has 2 unspecified atom stereocenters. The van der Waals surface area contributed by atoms with E-state index in [1.807, 2.05) is 0 Å². The second-order valence-corrected chi connectivity index (χ2v) is 6.92. The van der Waals surface area contributed by atoms with Gasteiger partial charge in [0.1, 0.15) is 0 Å². The summed E-state index contributed by atoms with van der Waals surface area (Å²) < 4.78 is 5.82. The van der Waals surface area contributed by atoms with Crippen LogP contribution in [-0.2, 0) is 10.3 Å². The first-order chi connectivity index (χ1) is 10.2. The van der Waals surface area contributed by atoms with E-state index in [0.717, 1.165) is 38.8 Å². The maximum Gasteiger partial charge on any atom is 0.0593 e. The maximum atomic E-state index is 5.82. The van der Waals surface area contributed by atoms with Gasteiger partial charge in [0.25, 0.3) is 0 Å². The van der Waals surface area contributed by atoms with Gasteiger partial charge in [-0.3, -0.25) is 4.90 Å². The number of ether oxygens (including phenoxy) is 1. The molecule has 1 aliphatic carbocycles. The number of nitrogens with zero attached hydrogens (tertiary/aromatic N) is 1. The topological polar surface area (TPSA) is 24.5 Å². The van der Waals surface area contributed by atoms with E-state index in [4.69, 9.17) is 4.74 Å². The third-order valence-electron chi connectivity index (χ3n) is 4.91. The minimum atomic E-state index is 0.0459. The van der Waals surface area contributed by atoms with Gasteiger partial charge in [-0.05, 0) is 38.2 Å². The number of rotatable bonds is 6. The molecular weight excluding hydrogens is 260 g/mol. The Bertz CT molecular complexity index is 446. The van der Waals surface area contributed by atoms with Crippen LogP contribution in [-0.4, -0.2) is 43.8 Å². The summed E-state index contributed by atoms with van der Waals surface area (Å²) in [5.74, 6) is 0.861. The molecule has 3 nitrogen and oxygen atoms in total. The molecule has 1 saturated carbocycles. The Kier molecular flexibility index (Phi) is 4.63. The highest BCUT2D eigenvalue weighted by Gasteiger charge is 2.35. The fraction of sp³-hybridized carbons (Fsp3) is 0.667. The zero-order valence-corrected chi connectivity index (χ0v) is 13.3. The quantitative estimate of drug-likeness (QED) is 0.814. The smallest absolute Gasteiger partial charge is 0.0593 e. The molecule has 3 heteroatoms. The molecule has 1 aliphatic heterocycles. The molecule has 1 aromatic carbocycles. The average molecular weight is 288 g/mol. The first kappa shape index (κ1) is 15.0. The molecule has 2 aliphatic rings. The van der Waals surface area contributed by atoms with Crippen molar-refractivity contribution >= 4 is 0 Å². The van der Waals surface area contributed by atoms with Crippen LogP contribution in [0.3, 0.4) is 0 Å². The van der Waals surface area contributed by atoms with E-state index < -0.39 is 0 Å². The van der Waals surface area contributed by atoms with Gasteiger partial charge in [-0.2, -0.15) is 0 Å². The highest BCUT2D eigenvalue weighted by atomic mass is 16.5. The van der Waals surface area contributed by atoms with E-state index in [2.05, 4.69) is 54.4 Å². The summed E-state index contributed by atoms with van der Waals surface area (Å²) in [5.41, 5.74) is 1.42. The fourth-order valence-electron chi connectivity index (χ4n) is 3.14. The molecule has 0 aromatic heterocycles. The second-order valence-electron chi connectivity index (χ2n) is 6.92. The van der Waals surface area contributed by atoms with Gasteiger partial charge in [-0.15, -0.1) is 0 Å². The van der Waals surface area contributed by atoms with Gasteiger partial charge in [0.2, 0.25) is 0 Å². The largest absolute Gasteiger partial charge is 0.380 e. The van der Waals surface area contributed by atoms with Crippen molar-refractivity contribution < 1.29 is 4.74 Å². The molecule has 1 aromatic rings. The third-order valence-corrected chi connectivity index (χ3v) is 4.91. The molecule has 2 fully saturated rings. The summed E-state index contributed by atoms with van der Waals surface area (Å²) >= 11 is 0. The summed E-state index contributed by atoms with van der Waals surface area (Å²) in [6, 6.07) is 11.4. The monoisotopic (exact) mass is 288 g/mol. The van der Waals surface area contributed by atoms with Crippen molar-refractivity contribution in [3.8, 4) is 0 Å². The van der Waals surface area contributed by atoms with Crippen LogP contribution in [0.1, 0.15) is 32.3 Å². The van der Waals surface area contributed by atoms with Crippen LogP contribution in [0.4, 0.5) is 0 Å². The lowest BCUT2D eigenvalue weighted by molar-refractivity contribution is 0.0466. The van der Waals surface area contributed by atoms with Crippen LogP contribution in [0, 0.1) is 5.92 Å². The lowest BCUT2D eigenvalue weighted by Gasteiger charge is -2.45. The SMILES string of the molecule is CC1CNC(C)(c2ccccc2)CN1CCOCC1CC1. The number of benzene rings is 1. The Balaban J connectivity index is 1.55. The van der Waals surface area contributed by atoms with E-state index in [-0.39, 0.29) is 5.54 Å². The highest BCUT2D eigenvalue weighted by molar-refractivity contribution is 5.25. The third kappa shape index (κ3) is 3.85. The summed E-state index contributed by atoms with van der Waals surface area (Å²) in [6.45, 7) is 9.57. The van der Waals surface area contributed by atoms with Crippen molar-refractivity contribution in [1.82, 2.24) is 10.2 Å². The number of nitrogens with one attached hydrogen (secondary N) is 1. The second kappa shape index (κ2) is 6.47. The predicted molar refractivity (Wildman–Crippen MR) is 86.4 cm³/mol. The summed E-state index contributed by atoms with van der Waals surface area (Å²) in [7, 11) is 0.